The van der Waals surface area contributed by atoms with Gasteiger partial charge in [0.15, 0.2) is 0 Å². The van der Waals surface area contributed by atoms with Crippen LogP contribution in [0.25, 0.3) is 0 Å². The molecule has 2 aromatic rings. The zero-order chi connectivity index (χ0) is 37.8. The smallest absolute Gasteiger partial charge is 0.334 e. The number of likely N-dealkylation sites (tertiary alicyclic amines) is 1. The number of carbonyl (C=O) groups is 2. The highest BCUT2D eigenvalue weighted by atomic mass is 28.3. The van der Waals surface area contributed by atoms with Crippen molar-refractivity contribution in [2.24, 2.45) is 5.41 Å². The maximum absolute atomic E-state index is 12.5. The van der Waals surface area contributed by atoms with Crippen molar-refractivity contribution < 1.29 is 33.3 Å². The van der Waals surface area contributed by atoms with Gasteiger partial charge in [-0.2, -0.15) is 0 Å². The standard InChI is InChI=1S/C18H26N2O3.C13H23NOSi.C9H15NO3/c1-22-17(21)18(14-19-9-11-23-12-10-19)7-8-20(15-18)13-16-5-3-2-4-6-16;1-15-11-14(12-16(2,3)4)10-13-8-6-5-7-9-13;1-8(9(11)12-2)7-10-3-5-13-6-4-10/h2-6H,7-15H2,1H3;5-9H,10-12H2,1-4H3;1,3-7H2,2H3. The molecule has 2 aromatic carbocycles. The Morgan fingerprint density at radius 1 is 0.788 bits per heavy atom. The summed E-state index contributed by atoms with van der Waals surface area (Å²) in [4.78, 5) is 32.7. The summed E-state index contributed by atoms with van der Waals surface area (Å²) in [7, 11) is 3.57. The van der Waals surface area contributed by atoms with Crippen LogP contribution in [0.5, 0.6) is 0 Å². The summed E-state index contributed by atoms with van der Waals surface area (Å²) in [6.45, 7) is 23.0. The molecule has 0 aromatic heterocycles. The van der Waals surface area contributed by atoms with Gasteiger partial charge in [-0.25, -0.2) is 4.79 Å². The molecule has 0 saturated carbocycles. The van der Waals surface area contributed by atoms with E-state index in [1.54, 1.807) is 7.11 Å². The Balaban J connectivity index is 0.000000221. The van der Waals surface area contributed by atoms with E-state index < -0.39 is 13.5 Å². The molecule has 0 bridgehead atoms. The molecule has 1 unspecified atom stereocenters. The fourth-order valence-electron chi connectivity index (χ4n) is 6.78. The van der Waals surface area contributed by atoms with Crippen molar-refractivity contribution >= 4 is 20.0 Å². The highest BCUT2D eigenvalue weighted by molar-refractivity contribution is 6.76. The van der Waals surface area contributed by atoms with Gasteiger partial charge in [0.05, 0.1) is 60.9 Å². The van der Waals surface area contributed by atoms with Crippen molar-refractivity contribution in [1.82, 2.24) is 19.6 Å². The zero-order valence-electron chi connectivity index (χ0n) is 32.6. The van der Waals surface area contributed by atoms with Gasteiger partial charge in [-0.1, -0.05) is 86.9 Å². The van der Waals surface area contributed by atoms with Crippen LogP contribution in [-0.4, -0.2) is 153 Å². The normalized spacial score (nSPS) is 19.9. The Hall–Kier alpha value is -2.94. The molecule has 1 atom stereocenters. The quantitative estimate of drug-likeness (QED) is 0.120. The van der Waals surface area contributed by atoms with Gasteiger partial charge in [0, 0.05) is 71.6 Å². The molecule has 3 fully saturated rings. The lowest BCUT2D eigenvalue weighted by Crippen LogP contribution is -2.49. The van der Waals surface area contributed by atoms with Crippen LogP contribution in [0, 0.1) is 5.41 Å². The van der Waals surface area contributed by atoms with E-state index in [0.717, 1.165) is 98.5 Å². The van der Waals surface area contributed by atoms with Crippen molar-refractivity contribution in [3.05, 3.63) is 83.9 Å². The van der Waals surface area contributed by atoms with Gasteiger partial charge in [-0.3, -0.25) is 24.4 Å². The van der Waals surface area contributed by atoms with Gasteiger partial charge in [-0.05, 0) is 30.3 Å². The minimum atomic E-state index is -1.07. The molecule has 0 amide bonds. The summed E-state index contributed by atoms with van der Waals surface area (Å²) >= 11 is 0. The van der Waals surface area contributed by atoms with Crippen LogP contribution in [0.1, 0.15) is 17.5 Å². The molecule has 290 valence electrons. The van der Waals surface area contributed by atoms with E-state index in [0.29, 0.717) is 12.1 Å². The molecule has 11 nitrogen and oxygen atoms in total. The molecule has 3 aliphatic heterocycles. The summed E-state index contributed by atoms with van der Waals surface area (Å²) < 4.78 is 25.6. The van der Waals surface area contributed by atoms with Crippen LogP contribution in [0.15, 0.2) is 72.8 Å². The molecule has 3 heterocycles. The fraction of sp³-hybridized carbons (Fsp3) is 0.600. The number of hydrogen-bond donors (Lipinski definition) is 0. The van der Waals surface area contributed by atoms with Gasteiger partial charge in [-0.15, -0.1) is 0 Å². The average molecular weight is 741 g/mol. The molecule has 3 saturated heterocycles. The summed E-state index contributed by atoms with van der Waals surface area (Å²) in [6.07, 6.45) is 2.04. The lowest BCUT2D eigenvalue weighted by Gasteiger charge is -2.35. The average Bonchev–Trinajstić information content (AvgIpc) is 3.55. The minimum absolute atomic E-state index is 0.0699. The minimum Gasteiger partial charge on any atom is -0.469 e. The lowest BCUT2D eigenvalue weighted by molar-refractivity contribution is -0.154. The first-order valence-corrected chi connectivity index (χ1v) is 22.1. The Bertz CT molecular complexity index is 1320. The first-order chi connectivity index (χ1) is 25.0. The molecule has 12 heteroatoms. The number of rotatable bonds is 14. The van der Waals surface area contributed by atoms with Crippen molar-refractivity contribution in [2.75, 3.05) is 113 Å². The molecule has 0 N–H and O–H groups in total. The van der Waals surface area contributed by atoms with Crippen LogP contribution in [0.2, 0.25) is 19.6 Å². The number of morpholine rings is 2. The maximum Gasteiger partial charge on any atom is 0.334 e. The number of nitrogens with zero attached hydrogens (tertiary/aromatic N) is 4. The predicted octanol–water partition coefficient (Wildman–Crippen LogP) is 4.40. The SMILES string of the molecule is C=C(CN1CCOCC1)C(=O)OC.COC(=O)C1(CN2CCOCC2)CCN(Cc2ccccc2)C1.COCN(Cc1ccccc1)C[Si](C)(C)C. The predicted molar refractivity (Wildman–Crippen MR) is 209 cm³/mol. The van der Waals surface area contributed by atoms with Crippen LogP contribution in [0.4, 0.5) is 0 Å². The van der Waals surface area contributed by atoms with E-state index >= 15 is 0 Å². The van der Waals surface area contributed by atoms with Gasteiger partial charge < -0.3 is 23.7 Å². The van der Waals surface area contributed by atoms with Crippen LogP contribution in [-0.2, 0) is 46.4 Å². The fourth-order valence-corrected chi connectivity index (χ4v) is 8.32. The van der Waals surface area contributed by atoms with E-state index in [4.69, 9.17) is 18.9 Å². The van der Waals surface area contributed by atoms with Crippen LogP contribution >= 0.6 is 0 Å². The molecular weight excluding hydrogens is 677 g/mol. The number of benzene rings is 2. The summed E-state index contributed by atoms with van der Waals surface area (Å²) in [5.41, 5.74) is 2.75. The Morgan fingerprint density at radius 2 is 1.35 bits per heavy atom. The number of esters is 2. The van der Waals surface area contributed by atoms with E-state index in [9.17, 15) is 9.59 Å². The van der Waals surface area contributed by atoms with Gasteiger partial charge in [0.1, 0.15) is 0 Å². The molecule has 5 rings (SSSR count). The highest BCUT2D eigenvalue weighted by Gasteiger charge is 2.46. The highest BCUT2D eigenvalue weighted by Crippen LogP contribution is 2.34. The number of hydrogen-bond acceptors (Lipinski definition) is 11. The molecule has 0 aliphatic carbocycles. The molecule has 0 spiro atoms. The molecule has 3 aliphatic rings. The van der Waals surface area contributed by atoms with E-state index in [1.165, 1.54) is 31.5 Å². The van der Waals surface area contributed by atoms with Crippen molar-refractivity contribution in [2.45, 2.75) is 39.2 Å². The first-order valence-electron chi connectivity index (χ1n) is 18.4. The van der Waals surface area contributed by atoms with E-state index in [2.05, 4.69) is 105 Å². The summed E-state index contributed by atoms with van der Waals surface area (Å²) in [5.74, 6) is -0.397. The van der Waals surface area contributed by atoms with Crippen LogP contribution < -0.4 is 0 Å². The Morgan fingerprint density at radius 3 is 1.87 bits per heavy atom. The molecule has 52 heavy (non-hydrogen) atoms. The van der Waals surface area contributed by atoms with Crippen LogP contribution in [0.3, 0.4) is 0 Å². The van der Waals surface area contributed by atoms with Crippen molar-refractivity contribution in [3.63, 3.8) is 0 Å². The third kappa shape index (κ3) is 16.0. The third-order valence-electron chi connectivity index (χ3n) is 9.18. The number of carbonyl (C=O) groups excluding carboxylic acids is 2. The van der Waals surface area contributed by atoms with Gasteiger partial charge >= 0.3 is 11.9 Å². The lowest BCUT2D eigenvalue weighted by atomic mass is 9.86. The maximum atomic E-state index is 12.5. The summed E-state index contributed by atoms with van der Waals surface area (Å²) in [5, 5.41) is 0. The third-order valence-corrected chi connectivity index (χ3v) is 10.6. The summed E-state index contributed by atoms with van der Waals surface area (Å²) in [6, 6.07) is 21.0. The van der Waals surface area contributed by atoms with E-state index in [-0.39, 0.29) is 11.9 Å². The van der Waals surface area contributed by atoms with Gasteiger partial charge in [0.2, 0.25) is 0 Å². The zero-order valence-corrected chi connectivity index (χ0v) is 33.6. The second-order valence-corrected chi connectivity index (χ2v) is 20.5. The topological polar surface area (TPSA) is 93.2 Å². The molecule has 0 radical (unpaired) electrons. The van der Waals surface area contributed by atoms with E-state index in [1.807, 2.05) is 6.07 Å². The Labute approximate surface area is 313 Å². The Kier molecular flexibility index (Phi) is 19.2. The van der Waals surface area contributed by atoms with Gasteiger partial charge in [0.25, 0.3) is 0 Å². The number of ether oxygens (including phenoxy) is 5. The van der Waals surface area contributed by atoms with Crippen molar-refractivity contribution in [3.8, 4) is 0 Å². The monoisotopic (exact) mass is 740 g/mol. The largest absolute Gasteiger partial charge is 0.469 e. The second kappa shape index (κ2) is 23.0. The number of methoxy groups -OCH3 is 3. The first kappa shape index (κ1) is 43.5. The second-order valence-electron chi connectivity index (χ2n) is 15.0. The molecular formula is C40H64N4O7Si. The van der Waals surface area contributed by atoms with Crippen molar-refractivity contribution in [1.29, 1.82) is 0 Å².